The second-order valence-electron chi connectivity index (χ2n) is 5.23. The number of aromatic nitrogens is 2. The van der Waals surface area contributed by atoms with Crippen LogP contribution in [-0.2, 0) is 0 Å². The third kappa shape index (κ3) is 2.87. The SMILES string of the molecule is CNc1ncc(C)c(N(CC(C)C)C2CC2)n1. The van der Waals surface area contributed by atoms with E-state index < -0.39 is 0 Å². The molecule has 1 saturated carbocycles. The van der Waals surface area contributed by atoms with Gasteiger partial charge in [-0.05, 0) is 25.7 Å². The first-order valence-electron chi connectivity index (χ1n) is 6.40. The zero-order chi connectivity index (χ0) is 12.4. The molecule has 94 valence electrons. The van der Waals surface area contributed by atoms with Crippen molar-refractivity contribution >= 4 is 11.8 Å². The molecule has 0 atom stereocenters. The lowest BCUT2D eigenvalue weighted by atomic mass is 10.2. The van der Waals surface area contributed by atoms with E-state index in [1.165, 1.54) is 12.8 Å². The van der Waals surface area contributed by atoms with Crippen molar-refractivity contribution in [3.8, 4) is 0 Å². The summed E-state index contributed by atoms with van der Waals surface area (Å²) in [5.74, 6) is 2.46. The molecule has 17 heavy (non-hydrogen) atoms. The maximum absolute atomic E-state index is 4.61. The van der Waals surface area contributed by atoms with E-state index in [9.17, 15) is 0 Å². The van der Waals surface area contributed by atoms with Crippen LogP contribution in [0.3, 0.4) is 0 Å². The van der Waals surface area contributed by atoms with Crippen LogP contribution in [0.4, 0.5) is 11.8 Å². The van der Waals surface area contributed by atoms with Gasteiger partial charge >= 0.3 is 0 Å². The fourth-order valence-corrected chi connectivity index (χ4v) is 2.03. The minimum absolute atomic E-state index is 0.656. The van der Waals surface area contributed by atoms with Crippen molar-refractivity contribution in [1.82, 2.24) is 9.97 Å². The van der Waals surface area contributed by atoms with Crippen LogP contribution in [0.1, 0.15) is 32.3 Å². The molecular weight excluding hydrogens is 212 g/mol. The van der Waals surface area contributed by atoms with Crippen LogP contribution < -0.4 is 10.2 Å². The molecule has 0 radical (unpaired) electrons. The summed E-state index contributed by atoms with van der Waals surface area (Å²) in [6, 6.07) is 0.690. The molecule has 1 aliphatic rings. The molecule has 0 amide bonds. The maximum atomic E-state index is 4.61. The number of anilines is 2. The van der Waals surface area contributed by atoms with E-state index in [1.807, 2.05) is 13.2 Å². The summed E-state index contributed by atoms with van der Waals surface area (Å²) >= 11 is 0. The van der Waals surface area contributed by atoms with Gasteiger partial charge < -0.3 is 10.2 Å². The van der Waals surface area contributed by atoms with Crippen molar-refractivity contribution in [3.05, 3.63) is 11.8 Å². The van der Waals surface area contributed by atoms with Gasteiger partial charge in [-0.1, -0.05) is 13.8 Å². The molecule has 1 N–H and O–H groups in total. The molecule has 2 rings (SSSR count). The van der Waals surface area contributed by atoms with E-state index >= 15 is 0 Å². The van der Waals surface area contributed by atoms with Crippen molar-refractivity contribution < 1.29 is 0 Å². The molecule has 1 heterocycles. The number of aryl methyl sites for hydroxylation is 1. The Kier molecular flexibility index (Phi) is 3.50. The van der Waals surface area contributed by atoms with Crippen LogP contribution in [0.15, 0.2) is 6.20 Å². The van der Waals surface area contributed by atoms with Gasteiger partial charge in [-0.3, -0.25) is 0 Å². The van der Waals surface area contributed by atoms with Crippen molar-refractivity contribution in [1.29, 1.82) is 0 Å². The Hall–Kier alpha value is -1.32. The van der Waals surface area contributed by atoms with Gasteiger partial charge in [0.05, 0.1) is 0 Å². The molecule has 0 saturated heterocycles. The van der Waals surface area contributed by atoms with Crippen LogP contribution >= 0.6 is 0 Å². The smallest absolute Gasteiger partial charge is 0.224 e. The average molecular weight is 234 g/mol. The van der Waals surface area contributed by atoms with Gasteiger partial charge in [-0.25, -0.2) is 4.98 Å². The first-order valence-corrected chi connectivity index (χ1v) is 6.40. The predicted octanol–water partition coefficient (Wildman–Crippen LogP) is 2.45. The van der Waals surface area contributed by atoms with E-state index in [2.05, 4.69) is 41.0 Å². The second-order valence-corrected chi connectivity index (χ2v) is 5.23. The van der Waals surface area contributed by atoms with Gasteiger partial charge in [0, 0.05) is 31.4 Å². The molecule has 1 aliphatic carbocycles. The molecule has 1 aromatic heterocycles. The highest BCUT2D eigenvalue weighted by Gasteiger charge is 2.31. The highest BCUT2D eigenvalue weighted by molar-refractivity contribution is 5.50. The van der Waals surface area contributed by atoms with Crippen LogP contribution in [0.25, 0.3) is 0 Å². The fraction of sp³-hybridized carbons (Fsp3) is 0.692. The van der Waals surface area contributed by atoms with Crippen LogP contribution in [-0.4, -0.2) is 29.6 Å². The van der Waals surface area contributed by atoms with Gasteiger partial charge in [0.25, 0.3) is 0 Å². The monoisotopic (exact) mass is 234 g/mol. The van der Waals surface area contributed by atoms with Crippen LogP contribution in [0.5, 0.6) is 0 Å². The molecule has 4 nitrogen and oxygen atoms in total. The van der Waals surface area contributed by atoms with Gasteiger partial charge in [-0.15, -0.1) is 0 Å². The molecule has 0 aliphatic heterocycles. The number of nitrogens with one attached hydrogen (secondary N) is 1. The highest BCUT2D eigenvalue weighted by Crippen LogP contribution is 2.33. The van der Waals surface area contributed by atoms with Crippen molar-refractivity contribution in [3.63, 3.8) is 0 Å². The first kappa shape index (κ1) is 12.1. The van der Waals surface area contributed by atoms with Crippen LogP contribution in [0, 0.1) is 12.8 Å². The summed E-state index contributed by atoms with van der Waals surface area (Å²) in [6.07, 6.45) is 4.50. The lowest BCUT2D eigenvalue weighted by molar-refractivity contribution is 0.601. The lowest BCUT2D eigenvalue weighted by Gasteiger charge is -2.27. The van der Waals surface area contributed by atoms with Crippen LogP contribution in [0.2, 0.25) is 0 Å². The second kappa shape index (κ2) is 4.90. The molecular formula is C13H22N4. The molecule has 0 aromatic carbocycles. The Morgan fingerprint density at radius 1 is 1.47 bits per heavy atom. The zero-order valence-electron chi connectivity index (χ0n) is 11.2. The quantitative estimate of drug-likeness (QED) is 0.849. The van der Waals surface area contributed by atoms with Gasteiger partial charge in [-0.2, -0.15) is 4.98 Å². The third-order valence-corrected chi connectivity index (χ3v) is 2.99. The molecule has 0 bridgehead atoms. The van der Waals surface area contributed by atoms with E-state index in [0.29, 0.717) is 17.9 Å². The van der Waals surface area contributed by atoms with E-state index in [4.69, 9.17) is 0 Å². The van der Waals surface area contributed by atoms with E-state index in [-0.39, 0.29) is 0 Å². The van der Waals surface area contributed by atoms with E-state index in [1.54, 1.807) is 0 Å². The topological polar surface area (TPSA) is 41.1 Å². The lowest BCUT2D eigenvalue weighted by Crippen LogP contribution is -2.31. The minimum Gasteiger partial charge on any atom is -0.357 e. The summed E-state index contributed by atoms with van der Waals surface area (Å²) in [6.45, 7) is 7.67. The number of rotatable bonds is 5. The number of nitrogens with zero attached hydrogens (tertiary/aromatic N) is 3. The molecule has 1 fully saturated rings. The Bertz CT molecular complexity index is 385. The Labute approximate surface area is 103 Å². The minimum atomic E-state index is 0.656. The van der Waals surface area contributed by atoms with Crippen molar-refractivity contribution in [2.75, 3.05) is 23.8 Å². The normalized spacial score (nSPS) is 15.1. The molecule has 0 spiro atoms. The molecule has 0 unspecified atom stereocenters. The van der Waals surface area contributed by atoms with Crippen molar-refractivity contribution in [2.24, 2.45) is 5.92 Å². The Morgan fingerprint density at radius 2 is 2.18 bits per heavy atom. The zero-order valence-corrected chi connectivity index (χ0v) is 11.2. The van der Waals surface area contributed by atoms with Gasteiger partial charge in [0.2, 0.25) is 5.95 Å². The Morgan fingerprint density at radius 3 is 2.71 bits per heavy atom. The maximum Gasteiger partial charge on any atom is 0.224 e. The first-order chi connectivity index (χ1) is 8.11. The van der Waals surface area contributed by atoms with Crippen molar-refractivity contribution in [2.45, 2.75) is 39.7 Å². The summed E-state index contributed by atoms with van der Waals surface area (Å²) in [5.41, 5.74) is 1.16. The highest BCUT2D eigenvalue weighted by atomic mass is 15.3. The predicted molar refractivity (Wildman–Crippen MR) is 71.5 cm³/mol. The average Bonchev–Trinajstić information content (AvgIpc) is 3.10. The Balaban J connectivity index is 2.27. The van der Waals surface area contributed by atoms with Gasteiger partial charge in [0.1, 0.15) is 5.82 Å². The third-order valence-electron chi connectivity index (χ3n) is 2.99. The number of hydrogen-bond donors (Lipinski definition) is 1. The largest absolute Gasteiger partial charge is 0.357 e. The molecule has 4 heteroatoms. The fourth-order valence-electron chi connectivity index (χ4n) is 2.03. The van der Waals surface area contributed by atoms with Gasteiger partial charge in [0.15, 0.2) is 0 Å². The summed E-state index contributed by atoms with van der Waals surface area (Å²) in [4.78, 5) is 11.3. The number of hydrogen-bond acceptors (Lipinski definition) is 4. The molecule has 1 aromatic rings. The summed E-state index contributed by atoms with van der Waals surface area (Å²) in [5, 5.41) is 3.01. The van der Waals surface area contributed by atoms with E-state index in [0.717, 1.165) is 17.9 Å². The standard InChI is InChI=1S/C13H22N4/c1-9(2)8-17(11-5-6-11)12-10(3)7-15-13(14-4)16-12/h7,9,11H,5-6,8H2,1-4H3,(H,14,15,16). The summed E-state index contributed by atoms with van der Waals surface area (Å²) in [7, 11) is 1.86. The summed E-state index contributed by atoms with van der Waals surface area (Å²) < 4.78 is 0.